The van der Waals surface area contributed by atoms with Crippen molar-refractivity contribution in [2.24, 2.45) is 0 Å². The van der Waals surface area contributed by atoms with E-state index in [9.17, 15) is 13.2 Å². The summed E-state index contributed by atoms with van der Waals surface area (Å²) in [4.78, 5) is 0. The summed E-state index contributed by atoms with van der Waals surface area (Å²) >= 11 is 5.67. The standard InChI is InChI=1S/C11H12ClF3/c1-2-8-3-5-9(6-4-8)10(12)7-11(13,14)15/h3-6,10H,2,7H2,1H3. The minimum absolute atomic E-state index is 0.520. The van der Waals surface area contributed by atoms with Gasteiger partial charge >= 0.3 is 6.18 Å². The lowest BCUT2D eigenvalue weighted by molar-refractivity contribution is -0.134. The van der Waals surface area contributed by atoms with Crippen molar-refractivity contribution in [3.8, 4) is 0 Å². The maximum absolute atomic E-state index is 12.1. The number of alkyl halides is 4. The summed E-state index contributed by atoms with van der Waals surface area (Å²) < 4.78 is 36.2. The molecule has 0 nitrogen and oxygen atoms in total. The van der Waals surface area contributed by atoms with Gasteiger partial charge in [0, 0.05) is 0 Å². The molecule has 1 aromatic rings. The minimum Gasteiger partial charge on any atom is -0.171 e. The van der Waals surface area contributed by atoms with Crippen LogP contribution in [0.3, 0.4) is 0 Å². The number of hydrogen-bond acceptors (Lipinski definition) is 0. The van der Waals surface area contributed by atoms with Gasteiger partial charge in [0.1, 0.15) is 0 Å². The van der Waals surface area contributed by atoms with Gasteiger partial charge < -0.3 is 0 Å². The molecular weight excluding hydrogens is 225 g/mol. The molecule has 15 heavy (non-hydrogen) atoms. The van der Waals surface area contributed by atoms with Crippen LogP contribution in [0.1, 0.15) is 29.8 Å². The van der Waals surface area contributed by atoms with E-state index in [1.165, 1.54) is 0 Å². The van der Waals surface area contributed by atoms with Crippen molar-refractivity contribution in [2.75, 3.05) is 0 Å². The van der Waals surface area contributed by atoms with E-state index in [0.717, 1.165) is 12.0 Å². The molecule has 1 unspecified atom stereocenters. The normalized spacial score (nSPS) is 13.9. The summed E-state index contributed by atoms with van der Waals surface area (Å²) in [5.74, 6) is 0. The third-order valence-electron chi connectivity index (χ3n) is 2.16. The first-order valence-electron chi connectivity index (χ1n) is 4.72. The monoisotopic (exact) mass is 236 g/mol. The summed E-state index contributed by atoms with van der Waals surface area (Å²) in [6, 6.07) is 6.92. The van der Waals surface area contributed by atoms with Gasteiger partial charge in [-0.1, -0.05) is 31.2 Å². The largest absolute Gasteiger partial charge is 0.390 e. The summed E-state index contributed by atoms with van der Waals surface area (Å²) in [5.41, 5.74) is 1.61. The van der Waals surface area contributed by atoms with Gasteiger partial charge in [-0.2, -0.15) is 13.2 Å². The Kier molecular flexibility index (Phi) is 4.03. The van der Waals surface area contributed by atoms with Crippen LogP contribution in [-0.4, -0.2) is 6.18 Å². The second-order valence-corrected chi connectivity index (χ2v) is 3.91. The van der Waals surface area contributed by atoms with Crippen LogP contribution in [0.4, 0.5) is 13.2 Å². The third-order valence-corrected chi connectivity index (χ3v) is 2.57. The zero-order valence-corrected chi connectivity index (χ0v) is 9.07. The molecule has 0 saturated heterocycles. The summed E-state index contributed by atoms with van der Waals surface area (Å²) in [7, 11) is 0. The topological polar surface area (TPSA) is 0 Å². The molecule has 0 bridgehead atoms. The average molecular weight is 237 g/mol. The Bertz CT molecular complexity index is 303. The molecule has 1 atom stereocenters. The highest BCUT2D eigenvalue weighted by molar-refractivity contribution is 6.20. The van der Waals surface area contributed by atoms with E-state index in [1.807, 2.05) is 6.92 Å². The molecule has 4 heteroatoms. The lowest BCUT2D eigenvalue weighted by Gasteiger charge is -2.12. The van der Waals surface area contributed by atoms with E-state index in [2.05, 4.69) is 0 Å². The van der Waals surface area contributed by atoms with Gasteiger partial charge in [0.25, 0.3) is 0 Å². The van der Waals surface area contributed by atoms with E-state index < -0.39 is 18.0 Å². The van der Waals surface area contributed by atoms with Crippen molar-refractivity contribution >= 4 is 11.6 Å². The molecule has 0 aliphatic rings. The van der Waals surface area contributed by atoms with E-state index >= 15 is 0 Å². The van der Waals surface area contributed by atoms with Crippen molar-refractivity contribution in [1.29, 1.82) is 0 Å². The zero-order valence-electron chi connectivity index (χ0n) is 8.31. The Balaban J connectivity index is 2.70. The van der Waals surface area contributed by atoms with Crippen molar-refractivity contribution in [2.45, 2.75) is 31.3 Å². The molecule has 84 valence electrons. The molecule has 0 N–H and O–H groups in total. The number of hydrogen-bond donors (Lipinski definition) is 0. The number of benzene rings is 1. The minimum atomic E-state index is -4.21. The smallest absolute Gasteiger partial charge is 0.171 e. The second kappa shape index (κ2) is 4.88. The second-order valence-electron chi connectivity index (χ2n) is 3.38. The molecule has 1 aromatic carbocycles. The molecule has 0 saturated carbocycles. The molecular formula is C11H12ClF3. The Labute approximate surface area is 92.1 Å². The fourth-order valence-electron chi connectivity index (χ4n) is 1.28. The molecule has 0 aliphatic carbocycles. The quantitative estimate of drug-likeness (QED) is 0.679. The molecule has 0 heterocycles. The lowest BCUT2D eigenvalue weighted by atomic mass is 10.1. The highest BCUT2D eigenvalue weighted by Gasteiger charge is 2.31. The Morgan fingerprint density at radius 3 is 2.13 bits per heavy atom. The van der Waals surface area contributed by atoms with E-state index in [4.69, 9.17) is 11.6 Å². The SMILES string of the molecule is CCc1ccc(C(Cl)CC(F)(F)F)cc1. The summed E-state index contributed by atoms with van der Waals surface area (Å²) in [6.45, 7) is 1.99. The van der Waals surface area contributed by atoms with Gasteiger partial charge in [0.2, 0.25) is 0 Å². The first-order valence-corrected chi connectivity index (χ1v) is 5.15. The van der Waals surface area contributed by atoms with Crippen LogP contribution in [0.25, 0.3) is 0 Å². The Hall–Kier alpha value is -0.700. The van der Waals surface area contributed by atoms with Gasteiger partial charge in [-0.15, -0.1) is 11.6 Å². The number of halogens is 4. The van der Waals surface area contributed by atoms with E-state index in [1.54, 1.807) is 24.3 Å². The molecule has 0 aromatic heterocycles. The van der Waals surface area contributed by atoms with Crippen LogP contribution in [0.15, 0.2) is 24.3 Å². The fourth-order valence-corrected chi connectivity index (χ4v) is 1.60. The molecule has 0 amide bonds. The predicted molar refractivity (Wildman–Crippen MR) is 55.1 cm³/mol. The highest BCUT2D eigenvalue weighted by Crippen LogP contribution is 2.33. The maximum atomic E-state index is 12.1. The fraction of sp³-hybridized carbons (Fsp3) is 0.455. The predicted octanol–water partition coefficient (Wildman–Crippen LogP) is 4.48. The number of rotatable bonds is 3. The van der Waals surface area contributed by atoms with Crippen LogP contribution in [0, 0.1) is 0 Å². The van der Waals surface area contributed by atoms with Crippen LogP contribution in [-0.2, 0) is 6.42 Å². The summed E-state index contributed by atoms with van der Waals surface area (Å²) in [5, 5.41) is -0.990. The first-order chi connectivity index (χ1) is 6.92. The summed E-state index contributed by atoms with van der Waals surface area (Å²) in [6.07, 6.45) is -4.33. The van der Waals surface area contributed by atoms with Crippen molar-refractivity contribution in [3.05, 3.63) is 35.4 Å². The third kappa shape index (κ3) is 4.12. The molecule has 0 spiro atoms. The van der Waals surface area contributed by atoms with Crippen molar-refractivity contribution < 1.29 is 13.2 Å². The number of aryl methyl sites for hydroxylation is 1. The highest BCUT2D eigenvalue weighted by atomic mass is 35.5. The van der Waals surface area contributed by atoms with E-state index in [0.29, 0.717) is 5.56 Å². The maximum Gasteiger partial charge on any atom is 0.390 e. The molecule has 0 aliphatic heterocycles. The van der Waals surface area contributed by atoms with Crippen molar-refractivity contribution in [1.82, 2.24) is 0 Å². The van der Waals surface area contributed by atoms with Gasteiger partial charge in [0.15, 0.2) is 0 Å². The Morgan fingerprint density at radius 2 is 1.73 bits per heavy atom. The van der Waals surface area contributed by atoms with Crippen LogP contribution < -0.4 is 0 Å². The van der Waals surface area contributed by atoms with E-state index in [-0.39, 0.29) is 0 Å². The van der Waals surface area contributed by atoms with Gasteiger partial charge in [-0.3, -0.25) is 0 Å². The zero-order chi connectivity index (χ0) is 11.5. The van der Waals surface area contributed by atoms with Gasteiger partial charge in [-0.05, 0) is 17.5 Å². The molecule has 1 rings (SSSR count). The first kappa shape index (κ1) is 12.4. The van der Waals surface area contributed by atoms with Crippen LogP contribution in [0.5, 0.6) is 0 Å². The van der Waals surface area contributed by atoms with Crippen molar-refractivity contribution in [3.63, 3.8) is 0 Å². The van der Waals surface area contributed by atoms with Crippen LogP contribution >= 0.6 is 11.6 Å². The van der Waals surface area contributed by atoms with Gasteiger partial charge in [-0.25, -0.2) is 0 Å². The molecule has 0 radical (unpaired) electrons. The van der Waals surface area contributed by atoms with Gasteiger partial charge in [0.05, 0.1) is 11.8 Å². The average Bonchev–Trinajstić information content (AvgIpc) is 2.15. The molecule has 0 fully saturated rings. The van der Waals surface area contributed by atoms with Crippen LogP contribution in [0.2, 0.25) is 0 Å². The lowest BCUT2D eigenvalue weighted by Crippen LogP contribution is -2.10. The Morgan fingerprint density at radius 1 is 1.20 bits per heavy atom.